The Morgan fingerprint density at radius 2 is 1.94 bits per heavy atom. The number of aromatic nitrogens is 5. The lowest BCUT2D eigenvalue weighted by molar-refractivity contribution is 0.0369. The Morgan fingerprint density at radius 1 is 1.11 bits per heavy atom. The number of hydrogen-bond acceptors (Lipinski definition) is 8. The largest absolute Gasteiger partial charge is 0.496 e. The van der Waals surface area contributed by atoms with E-state index in [4.69, 9.17) is 24.3 Å². The van der Waals surface area contributed by atoms with Crippen LogP contribution in [0.4, 0.5) is 0 Å². The molecule has 0 atom stereocenters. The molecule has 1 aromatic carbocycles. The van der Waals surface area contributed by atoms with Gasteiger partial charge in [0.2, 0.25) is 0 Å². The van der Waals surface area contributed by atoms with Crippen LogP contribution >= 0.6 is 0 Å². The molecule has 0 unspecified atom stereocenters. The smallest absolute Gasteiger partial charge is 0.192 e. The first-order valence-electron chi connectivity index (χ1n) is 11.9. The quantitative estimate of drug-likeness (QED) is 0.270. The van der Waals surface area contributed by atoms with E-state index >= 15 is 0 Å². The molecule has 0 bridgehead atoms. The first-order chi connectivity index (χ1) is 17.2. The Labute approximate surface area is 204 Å². The Hall–Kier alpha value is -3.50. The summed E-state index contributed by atoms with van der Waals surface area (Å²) >= 11 is 0. The molecule has 4 heterocycles. The van der Waals surface area contributed by atoms with Gasteiger partial charge in [0, 0.05) is 37.4 Å². The van der Waals surface area contributed by atoms with Crippen molar-refractivity contribution in [3.63, 3.8) is 0 Å². The highest BCUT2D eigenvalue weighted by Crippen LogP contribution is 2.27. The third-order valence-corrected chi connectivity index (χ3v) is 6.55. The van der Waals surface area contributed by atoms with E-state index < -0.39 is 0 Å². The van der Waals surface area contributed by atoms with Gasteiger partial charge >= 0.3 is 0 Å². The van der Waals surface area contributed by atoms with Crippen molar-refractivity contribution in [3.05, 3.63) is 53.2 Å². The predicted octanol–water partition coefficient (Wildman–Crippen LogP) is 2.98. The monoisotopic (exact) mass is 477 g/mol. The number of benzene rings is 1. The molecular weight excluding hydrogens is 446 g/mol. The highest BCUT2D eigenvalue weighted by molar-refractivity contribution is 5.93. The summed E-state index contributed by atoms with van der Waals surface area (Å²) in [5.74, 6) is 1.29. The number of para-hydroxylation sites is 1. The molecule has 1 fully saturated rings. The van der Waals surface area contributed by atoms with E-state index in [1.54, 1.807) is 24.2 Å². The van der Waals surface area contributed by atoms with Crippen LogP contribution in [-0.4, -0.2) is 75.2 Å². The minimum absolute atomic E-state index is 0.160. The van der Waals surface area contributed by atoms with Gasteiger partial charge in [-0.25, -0.2) is 14.5 Å². The van der Waals surface area contributed by atoms with E-state index in [0.29, 0.717) is 5.82 Å². The van der Waals surface area contributed by atoms with E-state index in [0.717, 1.165) is 73.8 Å². The Kier molecular flexibility index (Phi) is 6.91. The summed E-state index contributed by atoms with van der Waals surface area (Å²) in [5.41, 5.74) is 4.96. The molecule has 0 radical (unpaired) electrons. The fourth-order valence-corrected chi connectivity index (χ4v) is 4.55. The van der Waals surface area contributed by atoms with Gasteiger partial charge in [0.1, 0.15) is 17.7 Å². The average molecular weight is 478 g/mol. The lowest BCUT2D eigenvalue weighted by atomic mass is 10.2. The molecule has 35 heavy (non-hydrogen) atoms. The number of ether oxygens (including phenoxy) is 2. The molecule has 0 amide bonds. The molecule has 0 spiro atoms. The Bertz CT molecular complexity index is 1340. The minimum atomic E-state index is 0.160. The molecule has 4 aromatic rings. The van der Waals surface area contributed by atoms with Crippen LogP contribution in [-0.2, 0) is 22.7 Å². The number of fused-ring (bicyclic) bond motifs is 3. The van der Waals surface area contributed by atoms with Crippen molar-refractivity contribution in [1.82, 2.24) is 29.0 Å². The number of morpholine rings is 1. The molecular formula is C25H31N7O3. The van der Waals surface area contributed by atoms with Crippen molar-refractivity contribution in [2.75, 3.05) is 40.0 Å². The van der Waals surface area contributed by atoms with Crippen molar-refractivity contribution in [1.29, 1.82) is 0 Å². The van der Waals surface area contributed by atoms with Crippen LogP contribution < -0.4 is 4.74 Å². The summed E-state index contributed by atoms with van der Waals surface area (Å²) in [4.78, 5) is 17.4. The van der Waals surface area contributed by atoms with Crippen molar-refractivity contribution in [2.24, 2.45) is 5.16 Å². The van der Waals surface area contributed by atoms with Crippen LogP contribution in [0, 0.1) is 13.8 Å². The van der Waals surface area contributed by atoms with Gasteiger partial charge in [-0.15, -0.1) is 5.10 Å². The fraction of sp³-hybridized carbons (Fsp3) is 0.440. The van der Waals surface area contributed by atoms with Crippen LogP contribution in [0.25, 0.3) is 16.7 Å². The summed E-state index contributed by atoms with van der Waals surface area (Å²) in [5, 5.41) is 9.63. The highest BCUT2D eigenvalue weighted by atomic mass is 16.6. The van der Waals surface area contributed by atoms with E-state index in [1.165, 1.54) is 11.3 Å². The maximum atomic E-state index is 5.47. The van der Waals surface area contributed by atoms with E-state index in [1.807, 2.05) is 24.3 Å². The van der Waals surface area contributed by atoms with Crippen LogP contribution in [0.1, 0.15) is 29.1 Å². The molecule has 0 aliphatic carbocycles. The second-order valence-electron chi connectivity index (χ2n) is 8.66. The molecule has 1 aliphatic rings. The zero-order valence-electron chi connectivity index (χ0n) is 20.5. The van der Waals surface area contributed by atoms with Crippen molar-refractivity contribution < 1.29 is 14.3 Å². The second kappa shape index (κ2) is 10.4. The molecule has 0 N–H and O–H groups in total. The molecule has 184 valence electrons. The summed E-state index contributed by atoms with van der Waals surface area (Å²) in [6, 6.07) is 7.62. The van der Waals surface area contributed by atoms with Crippen molar-refractivity contribution in [2.45, 2.75) is 33.4 Å². The van der Waals surface area contributed by atoms with E-state index in [-0.39, 0.29) is 6.61 Å². The number of methoxy groups -OCH3 is 1. The zero-order chi connectivity index (χ0) is 24.2. The second-order valence-corrected chi connectivity index (χ2v) is 8.66. The Balaban J connectivity index is 1.31. The first kappa shape index (κ1) is 23.3. The lowest BCUT2D eigenvalue weighted by Gasteiger charge is -2.26. The molecule has 0 saturated carbocycles. The number of aryl methyl sites for hydroxylation is 2. The number of hydrogen-bond donors (Lipinski definition) is 0. The van der Waals surface area contributed by atoms with Gasteiger partial charge in [-0.2, -0.15) is 0 Å². The van der Waals surface area contributed by atoms with Gasteiger partial charge in [0.05, 0.1) is 31.9 Å². The van der Waals surface area contributed by atoms with Gasteiger partial charge in [-0.05, 0) is 38.0 Å². The summed E-state index contributed by atoms with van der Waals surface area (Å²) in [6.45, 7) is 10.1. The first-order valence-corrected chi connectivity index (χ1v) is 11.9. The average Bonchev–Trinajstić information content (AvgIpc) is 3.41. The van der Waals surface area contributed by atoms with Crippen LogP contribution in [0.3, 0.4) is 0 Å². The summed E-state index contributed by atoms with van der Waals surface area (Å²) in [7, 11) is 1.63. The number of nitrogens with zero attached hydrogens (tertiary/aromatic N) is 7. The normalized spacial score (nSPS) is 14.9. The SMILES string of the molecule is COc1ccccc1C=NOCc1nc2c3c(C)c(C)n(CCCN4CCOCC4)c3ncn2n1. The summed E-state index contributed by atoms with van der Waals surface area (Å²) < 4.78 is 14.8. The van der Waals surface area contributed by atoms with Crippen LogP contribution in [0.5, 0.6) is 5.75 Å². The van der Waals surface area contributed by atoms with Crippen molar-refractivity contribution in [3.8, 4) is 5.75 Å². The topological polar surface area (TPSA) is 91.3 Å². The van der Waals surface area contributed by atoms with Gasteiger partial charge in [-0.1, -0.05) is 17.3 Å². The predicted molar refractivity (Wildman–Crippen MR) is 133 cm³/mol. The van der Waals surface area contributed by atoms with Crippen LogP contribution in [0.2, 0.25) is 0 Å². The molecule has 1 saturated heterocycles. The Morgan fingerprint density at radius 3 is 2.77 bits per heavy atom. The zero-order valence-corrected chi connectivity index (χ0v) is 20.5. The molecule has 3 aromatic heterocycles. The highest BCUT2D eigenvalue weighted by Gasteiger charge is 2.18. The fourth-order valence-electron chi connectivity index (χ4n) is 4.55. The maximum Gasteiger partial charge on any atom is 0.192 e. The lowest BCUT2D eigenvalue weighted by Crippen LogP contribution is -2.37. The maximum absolute atomic E-state index is 5.47. The summed E-state index contributed by atoms with van der Waals surface area (Å²) in [6.07, 6.45) is 4.41. The minimum Gasteiger partial charge on any atom is -0.496 e. The molecule has 10 nitrogen and oxygen atoms in total. The van der Waals surface area contributed by atoms with Gasteiger partial charge < -0.3 is 18.9 Å². The van der Waals surface area contributed by atoms with Gasteiger partial charge in [0.15, 0.2) is 18.1 Å². The van der Waals surface area contributed by atoms with Crippen LogP contribution in [0.15, 0.2) is 35.7 Å². The third-order valence-electron chi connectivity index (χ3n) is 6.55. The van der Waals surface area contributed by atoms with E-state index in [9.17, 15) is 0 Å². The van der Waals surface area contributed by atoms with Gasteiger partial charge in [0.25, 0.3) is 0 Å². The van der Waals surface area contributed by atoms with Crippen molar-refractivity contribution >= 4 is 22.9 Å². The molecule has 1 aliphatic heterocycles. The molecule has 5 rings (SSSR count). The third kappa shape index (κ3) is 4.85. The van der Waals surface area contributed by atoms with Gasteiger partial charge in [-0.3, -0.25) is 4.90 Å². The van der Waals surface area contributed by atoms with E-state index in [2.05, 4.69) is 33.6 Å². The number of rotatable bonds is 9. The molecule has 10 heteroatoms. The number of oxime groups is 1. The standard InChI is InChI=1S/C25H31N7O3/c1-18-19(2)31(10-6-9-30-11-13-34-14-12-30)24-23(18)25-28-22(29-32(25)17-26-24)16-35-27-15-20-7-4-5-8-21(20)33-3/h4-5,7-8,15,17H,6,9-14,16H2,1-3H3.